The third kappa shape index (κ3) is 4.37. The van der Waals surface area contributed by atoms with Gasteiger partial charge in [0, 0.05) is 41.7 Å². The average Bonchev–Trinajstić information content (AvgIpc) is 2.94. The minimum absolute atomic E-state index is 0.0341. The number of aliphatic hydroxyl groups excluding tert-OH is 1. The van der Waals surface area contributed by atoms with Gasteiger partial charge >= 0.3 is 0 Å². The number of H-pyrrole nitrogens is 1. The largest absolute Gasteiger partial charge is 0.511 e. The summed E-state index contributed by atoms with van der Waals surface area (Å²) in [7, 11) is 0. The minimum Gasteiger partial charge on any atom is -0.511 e. The number of allylic oxidation sites excluding steroid dienone is 2. The first-order valence-electron chi connectivity index (χ1n) is 10.4. The van der Waals surface area contributed by atoms with Gasteiger partial charge in [0.1, 0.15) is 5.76 Å². The van der Waals surface area contributed by atoms with Gasteiger partial charge in [0.15, 0.2) is 5.78 Å². The summed E-state index contributed by atoms with van der Waals surface area (Å²) in [5, 5.41) is 11.8. The molecule has 1 heterocycles. The van der Waals surface area contributed by atoms with Crippen LogP contribution in [-0.2, 0) is 11.2 Å². The summed E-state index contributed by atoms with van der Waals surface area (Å²) in [6.07, 6.45) is 4.45. The smallest absolute Gasteiger partial charge is 0.168 e. The third-order valence-electron chi connectivity index (χ3n) is 5.60. The van der Waals surface area contributed by atoms with Crippen molar-refractivity contribution < 1.29 is 9.90 Å². The number of nitrogens with zero attached hydrogens (tertiary/aromatic N) is 1. The number of hydrogen-bond donors (Lipinski definition) is 2. The van der Waals surface area contributed by atoms with Crippen molar-refractivity contribution in [2.24, 2.45) is 10.4 Å². The van der Waals surface area contributed by atoms with Crippen molar-refractivity contribution in [1.29, 1.82) is 0 Å². The molecule has 1 aliphatic rings. The Kier molecular flexibility index (Phi) is 6.07. The van der Waals surface area contributed by atoms with Crippen LogP contribution in [0.5, 0.6) is 0 Å². The number of aryl methyl sites for hydroxylation is 1. The van der Waals surface area contributed by atoms with Crippen molar-refractivity contribution in [2.45, 2.75) is 66.2 Å². The van der Waals surface area contributed by atoms with Gasteiger partial charge in [-0.15, -0.1) is 0 Å². The Bertz CT molecular complexity index is 931. The maximum absolute atomic E-state index is 12.7. The zero-order chi connectivity index (χ0) is 20.3. The molecule has 0 radical (unpaired) electrons. The first kappa shape index (κ1) is 20.4. The van der Waals surface area contributed by atoms with E-state index in [0.717, 1.165) is 36.9 Å². The van der Waals surface area contributed by atoms with Crippen LogP contribution in [0, 0.1) is 12.3 Å². The second-order valence-corrected chi connectivity index (χ2v) is 8.72. The van der Waals surface area contributed by atoms with Crippen LogP contribution in [0.2, 0.25) is 0 Å². The molecule has 1 aromatic heterocycles. The van der Waals surface area contributed by atoms with Crippen LogP contribution in [-0.4, -0.2) is 28.1 Å². The van der Waals surface area contributed by atoms with Gasteiger partial charge in [0.25, 0.3) is 0 Å². The molecule has 0 spiro atoms. The van der Waals surface area contributed by atoms with E-state index in [1.165, 1.54) is 16.6 Å². The third-order valence-corrected chi connectivity index (χ3v) is 5.60. The quantitative estimate of drug-likeness (QED) is 0.487. The molecule has 0 unspecified atom stereocenters. The van der Waals surface area contributed by atoms with Crippen LogP contribution in [0.4, 0.5) is 0 Å². The number of unbranched alkanes of at least 4 members (excludes halogenated alkanes) is 1. The van der Waals surface area contributed by atoms with Gasteiger partial charge in [-0.2, -0.15) is 0 Å². The SMILES string of the molecule is CCCC/C(O)=C1/C(=O)CC(C)(C)CC1=NCCc1c(C)[nH]c2ccccc12. The van der Waals surface area contributed by atoms with Crippen LogP contribution in [0.3, 0.4) is 0 Å². The zero-order valence-corrected chi connectivity index (χ0v) is 17.6. The fraction of sp³-hybridized carbons (Fsp3) is 0.500. The lowest BCUT2D eigenvalue weighted by atomic mass is 9.73. The molecular formula is C24H32N2O2. The number of aliphatic hydroxyl groups is 1. The predicted octanol–water partition coefficient (Wildman–Crippen LogP) is 5.85. The van der Waals surface area contributed by atoms with Crippen molar-refractivity contribution in [3.8, 4) is 0 Å². The lowest BCUT2D eigenvalue weighted by molar-refractivity contribution is -0.117. The predicted molar refractivity (Wildman–Crippen MR) is 116 cm³/mol. The lowest BCUT2D eigenvalue weighted by Gasteiger charge is -2.31. The molecule has 2 aromatic rings. The van der Waals surface area contributed by atoms with E-state index in [-0.39, 0.29) is 17.0 Å². The number of aromatic nitrogens is 1. The van der Waals surface area contributed by atoms with Crippen molar-refractivity contribution >= 4 is 22.4 Å². The monoisotopic (exact) mass is 380 g/mol. The van der Waals surface area contributed by atoms with E-state index in [9.17, 15) is 9.90 Å². The lowest BCUT2D eigenvalue weighted by Crippen LogP contribution is -2.33. The van der Waals surface area contributed by atoms with E-state index in [1.807, 2.05) is 6.07 Å². The van der Waals surface area contributed by atoms with Crippen molar-refractivity contribution in [3.63, 3.8) is 0 Å². The standard InChI is InChI=1S/C24H32N2O2/c1-5-6-11-21(27)23-20(14-24(3,4)15-22(23)28)25-13-12-17-16(2)26-19-10-8-7-9-18(17)19/h7-10,26-27H,5-6,11-15H2,1-4H3/b23-21-,25-20?. The number of aromatic amines is 1. The number of fused-ring (bicyclic) bond motifs is 1. The molecule has 28 heavy (non-hydrogen) atoms. The summed E-state index contributed by atoms with van der Waals surface area (Å²) >= 11 is 0. The van der Waals surface area contributed by atoms with Crippen molar-refractivity contribution in [3.05, 3.63) is 46.9 Å². The van der Waals surface area contributed by atoms with E-state index >= 15 is 0 Å². The minimum atomic E-state index is -0.110. The summed E-state index contributed by atoms with van der Waals surface area (Å²) in [5.74, 6) is 0.260. The van der Waals surface area contributed by atoms with Gasteiger partial charge in [0.2, 0.25) is 0 Å². The maximum atomic E-state index is 12.7. The first-order chi connectivity index (χ1) is 13.3. The number of carbonyl (C=O) groups is 1. The van der Waals surface area contributed by atoms with Gasteiger partial charge in [-0.1, -0.05) is 45.4 Å². The molecular weight excluding hydrogens is 348 g/mol. The molecule has 1 aromatic carbocycles. The fourth-order valence-corrected chi connectivity index (χ4v) is 4.18. The Morgan fingerprint density at radius 1 is 1.25 bits per heavy atom. The van der Waals surface area contributed by atoms with Crippen molar-refractivity contribution in [2.75, 3.05) is 6.54 Å². The van der Waals surface area contributed by atoms with E-state index in [0.29, 0.717) is 25.0 Å². The van der Waals surface area contributed by atoms with Gasteiger partial charge in [-0.05, 0) is 43.2 Å². The van der Waals surface area contributed by atoms with E-state index in [2.05, 4.69) is 50.9 Å². The second kappa shape index (κ2) is 8.34. The Morgan fingerprint density at radius 3 is 2.75 bits per heavy atom. The van der Waals surface area contributed by atoms with Gasteiger partial charge < -0.3 is 10.1 Å². The molecule has 0 saturated heterocycles. The van der Waals surface area contributed by atoms with Gasteiger partial charge in [-0.3, -0.25) is 9.79 Å². The molecule has 0 amide bonds. The molecule has 0 aliphatic heterocycles. The number of aliphatic imine (C=N–C) groups is 1. The number of rotatable bonds is 6. The van der Waals surface area contributed by atoms with Gasteiger partial charge in [-0.25, -0.2) is 0 Å². The number of carbonyl (C=O) groups excluding carboxylic acids is 1. The summed E-state index contributed by atoms with van der Waals surface area (Å²) < 4.78 is 0. The summed E-state index contributed by atoms with van der Waals surface area (Å²) in [5.41, 5.74) is 4.76. The normalized spacial score (nSPS) is 20.1. The van der Waals surface area contributed by atoms with Crippen LogP contribution in [0.15, 0.2) is 40.6 Å². The first-order valence-corrected chi connectivity index (χ1v) is 10.4. The molecule has 1 aliphatic carbocycles. The fourth-order valence-electron chi connectivity index (χ4n) is 4.18. The van der Waals surface area contributed by atoms with Crippen LogP contribution < -0.4 is 0 Å². The van der Waals surface area contributed by atoms with Crippen LogP contribution >= 0.6 is 0 Å². The Hall–Kier alpha value is -2.36. The molecule has 4 nitrogen and oxygen atoms in total. The second-order valence-electron chi connectivity index (χ2n) is 8.72. The highest BCUT2D eigenvalue weighted by molar-refractivity contribution is 6.24. The molecule has 3 rings (SSSR count). The highest BCUT2D eigenvalue weighted by Crippen LogP contribution is 2.36. The molecule has 2 N–H and O–H groups in total. The number of hydrogen-bond acceptors (Lipinski definition) is 3. The topological polar surface area (TPSA) is 65.4 Å². The number of nitrogens with one attached hydrogen (secondary N) is 1. The molecule has 150 valence electrons. The summed E-state index contributed by atoms with van der Waals surface area (Å²) in [4.78, 5) is 21.0. The van der Waals surface area contributed by atoms with Crippen LogP contribution in [0.1, 0.15) is 64.1 Å². The Labute approximate surface area is 167 Å². The maximum Gasteiger partial charge on any atom is 0.168 e. The highest BCUT2D eigenvalue weighted by Gasteiger charge is 2.35. The highest BCUT2D eigenvalue weighted by atomic mass is 16.3. The molecule has 4 heteroatoms. The number of Topliss-reactive ketones (excluding diaryl/α,β-unsaturated/α-hetero) is 1. The Morgan fingerprint density at radius 2 is 2.00 bits per heavy atom. The number of para-hydroxylation sites is 1. The molecule has 1 fully saturated rings. The Balaban J connectivity index is 1.86. The molecule has 0 atom stereocenters. The van der Waals surface area contributed by atoms with E-state index < -0.39 is 0 Å². The number of ketones is 1. The van der Waals surface area contributed by atoms with E-state index in [4.69, 9.17) is 4.99 Å². The number of benzene rings is 1. The summed E-state index contributed by atoms with van der Waals surface area (Å²) in [6, 6.07) is 8.32. The zero-order valence-electron chi connectivity index (χ0n) is 17.6. The van der Waals surface area contributed by atoms with E-state index in [1.54, 1.807) is 0 Å². The molecule has 1 saturated carbocycles. The average molecular weight is 381 g/mol. The molecule has 0 bridgehead atoms. The van der Waals surface area contributed by atoms with Crippen LogP contribution in [0.25, 0.3) is 10.9 Å². The van der Waals surface area contributed by atoms with Crippen molar-refractivity contribution in [1.82, 2.24) is 4.98 Å². The van der Waals surface area contributed by atoms with Gasteiger partial charge in [0.05, 0.1) is 5.57 Å². The summed E-state index contributed by atoms with van der Waals surface area (Å²) in [6.45, 7) is 9.00.